The molecule has 0 saturated heterocycles. The number of aliphatic hydroxyl groups is 1. The summed E-state index contributed by atoms with van der Waals surface area (Å²) in [6.45, 7) is 0. The van der Waals surface area contributed by atoms with E-state index < -0.39 is 6.10 Å². The van der Waals surface area contributed by atoms with Crippen LogP contribution in [-0.4, -0.2) is 10.1 Å². The Labute approximate surface area is 127 Å². The molecule has 2 unspecified atom stereocenters. The Bertz CT molecular complexity index is 601. The van der Waals surface area contributed by atoms with Gasteiger partial charge in [0, 0.05) is 27.1 Å². The quantitative estimate of drug-likeness (QED) is 0.802. The van der Waals surface area contributed by atoms with E-state index in [1.54, 1.807) is 6.20 Å². The van der Waals surface area contributed by atoms with E-state index in [9.17, 15) is 5.11 Å². The Morgan fingerprint density at radius 1 is 1.16 bits per heavy atom. The summed E-state index contributed by atoms with van der Waals surface area (Å²) in [6, 6.07) is 9.50. The first-order valence-corrected chi connectivity index (χ1v) is 7.48. The number of aliphatic hydroxyl groups excluding tert-OH is 1. The van der Waals surface area contributed by atoms with Gasteiger partial charge < -0.3 is 9.84 Å². The summed E-state index contributed by atoms with van der Waals surface area (Å²) in [5.41, 5.74) is 1.66. The Balaban J connectivity index is 1.93. The van der Waals surface area contributed by atoms with E-state index in [-0.39, 0.29) is 6.10 Å². The molecule has 0 radical (unpaired) electrons. The molecule has 0 bridgehead atoms. The number of hydrogen-bond acceptors (Lipinski definition) is 3. The van der Waals surface area contributed by atoms with Crippen LogP contribution in [0.3, 0.4) is 0 Å². The maximum atomic E-state index is 10.2. The van der Waals surface area contributed by atoms with Gasteiger partial charge in [-0.1, -0.05) is 22.0 Å². The largest absolute Gasteiger partial charge is 0.484 e. The van der Waals surface area contributed by atoms with Gasteiger partial charge >= 0.3 is 0 Å². The van der Waals surface area contributed by atoms with Crippen molar-refractivity contribution in [2.45, 2.75) is 18.6 Å². The Kier molecular flexibility index (Phi) is 3.60. The number of rotatable bonds is 1. The maximum Gasteiger partial charge on any atom is 0.143 e. The zero-order chi connectivity index (χ0) is 13.4. The van der Waals surface area contributed by atoms with Crippen LogP contribution in [0.5, 0.6) is 5.75 Å². The summed E-state index contributed by atoms with van der Waals surface area (Å²) in [5.74, 6) is 0.711. The van der Waals surface area contributed by atoms with Crippen LogP contribution in [0.4, 0.5) is 0 Å². The van der Waals surface area contributed by atoms with Crippen molar-refractivity contribution in [2.24, 2.45) is 0 Å². The van der Waals surface area contributed by atoms with Gasteiger partial charge in [-0.15, -0.1) is 0 Å². The summed E-state index contributed by atoms with van der Waals surface area (Å²) in [5, 5.41) is 10.2. The van der Waals surface area contributed by atoms with Crippen LogP contribution >= 0.6 is 31.9 Å². The van der Waals surface area contributed by atoms with Crippen LogP contribution in [0, 0.1) is 0 Å². The normalized spacial score (nSPS) is 21.6. The van der Waals surface area contributed by atoms with Crippen molar-refractivity contribution in [1.29, 1.82) is 0 Å². The third-order valence-corrected chi connectivity index (χ3v) is 4.08. The molecule has 0 aliphatic carbocycles. The van der Waals surface area contributed by atoms with E-state index in [4.69, 9.17) is 4.74 Å². The van der Waals surface area contributed by atoms with Crippen LogP contribution in [0.25, 0.3) is 0 Å². The van der Waals surface area contributed by atoms with E-state index >= 15 is 0 Å². The number of ether oxygens (including phenoxy) is 1. The molecule has 3 nitrogen and oxygen atoms in total. The summed E-state index contributed by atoms with van der Waals surface area (Å²) < 4.78 is 7.80. The molecule has 0 amide bonds. The van der Waals surface area contributed by atoms with Crippen LogP contribution < -0.4 is 4.74 Å². The van der Waals surface area contributed by atoms with Crippen LogP contribution in [-0.2, 0) is 0 Å². The molecular formula is C14H11Br2NO2. The van der Waals surface area contributed by atoms with Crippen molar-refractivity contribution in [3.63, 3.8) is 0 Å². The van der Waals surface area contributed by atoms with Crippen molar-refractivity contribution in [1.82, 2.24) is 4.98 Å². The summed E-state index contributed by atoms with van der Waals surface area (Å²) in [6.07, 6.45) is 1.52. The average Bonchev–Trinajstić information content (AvgIpc) is 2.38. The molecule has 2 aromatic rings. The lowest BCUT2D eigenvalue weighted by atomic mass is 9.97. The van der Waals surface area contributed by atoms with E-state index in [1.165, 1.54) is 0 Å². The minimum absolute atomic E-state index is 0.218. The van der Waals surface area contributed by atoms with Gasteiger partial charge in [-0.3, -0.25) is 4.98 Å². The highest BCUT2D eigenvalue weighted by Gasteiger charge is 2.28. The SMILES string of the molecule is OC1CC(c2ccc(Br)cn2)Oc2cc(Br)ccc21. The molecule has 1 aromatic carbocycles. The lowest BCUT2D eigenvalue weighted by Gasteiger charge is -2.29. The van der Waals surface area contributed by atoms with Crippen molar-refractivity contribution < 1.29 is 9.84 Å². The van der Waals surface area contributed by atoms with Crippen molar-refractivity contribution >= 4 is 31.9 Å². The van der Waals surface area contributed by atoms with Crippen LogP contribution in [0.2, 0.25) is 0 Å². The van der Waals surface area contributed by atoms with Gasteiger partial charge in [-0.2, -0.15) is 0 Å². The highest BCUT2D eigenvalue weighted by atomic mass is 79.9. The molecule has 1 N–H and O–H groups in total. The Morgan fingerprint density at radius 3 is 2.68 bits per heavy atom. The third kappa shape index (κ3) is 2.68. The monoisotopic (exact) mass is 383 g/mol. The molecular weight excluding hydrogens is 374 g/mol. The van der Waals surface area contributed by atoms with Crippen LogP contribution in [0.15, 0.2) is 45.5 Å². The maximum absolute atomic E-state index is 10.2. The Morgan fingerprint density at radius 2 is 1.95 bits per heavy atom. The van der Waals surface area contributed by atoms with Crippen molar-refractivity contribution in [3.8, 4) is 5.75 Å². The molecule has 0 fully saturated rings. The van der Waals surface area contributed by atoms with E-state index in [0.717, 1.165) is 20.2 Å². The smallest absolute Gasteiger partial charge is 0.143 e. The first-order valence-electron chi connectivity index (χ1n) is 5.89. The minimum Gasteiger partial charge on any atom is -0.484 e. The highest BCUT2D eigenvalue weighted by molar-refractivity contribution is 9.10. The molecule has 2 atom stereocenters. The zero-order valence-electron chi connectivity index (χ0n) is 9.88. The molecule has 0 saturated carbocycles. The lowest BCUT2D eigenvalue weighted by molar-refractivity contribution is 0.0636. The zero-order valence-corrected chi connectivity index (χ0v) is 13.1. The van der Waals surface area contributed by atoms with Gasteiger partial charge in [0.05, 0.1) is 11.8 Å². The fraction of sp³-hybridized carbons (Fsp3) is 0.214. The summed E-state index contributed by atoms with van der Waals surface area (Å²) in [4.78, 5) is 4.34. The van der Waals surface area contributed by atoms with Gasteiger partial charge in [-0.25, -0.2) is 0 Å². The van der Waals surface area contributed by atoms with Gasteiger partial charge in [0.15, 0.2) is 0 Å². The number of halogens is 2. The Hall–Kier alpha value is -0.910. The number of pyridine rings is 1. The molecule has 2 heterocycles. The highest BCUT2D eigenvalue weighted by Crippen LogP contribution is 2.41. The number of hydrogen-bond donors (Lipinski definition) is 1. The van der Waals surface area contributed by atoms with Gasteiger partial charge in [0.25, 0.3) is 0 Å². The predicted molar refractivity (Wildman–Crippen MR) is 79.0 cm³/mol. The fourth-order valence-corrected chi connectivity index (χ4v) is 2.75. The summed E-state index contributed by atoms with van der Waals surface area (Å²) in [7, 11) is 0. The molecule has 1 aliphatic rings. The molecule has 1 aromatic heterocycles. The van der Waals surface area contributed by atoms with Gasteiger partial charge in [0.2, 0.25) is 0 Å². The first kappa shape index (κ1) is 13.1. The molecule has 1 aliphatic heterocycles. The van der Waals surface area contributed by atoms with Gasteiger partial charge in [-0.05, 0) is 40.2 Å². The standard InChI is InChI=1S/C14H11Br2NO2/c15-8-1-3-10-12(18)6-14(19-13(10)5-8)11-4-2-9(16)7-17-11/h1-5,7,12,14,18H,6H2. The molecule has 19 heavy (non-hydrogen) atoms. The molecule has 0 spiro atoms. The topological polar surface area (TPSA) is 42.4 Å². The number of benzene rings is 1. The van der Waals surface area contributed by atoms with E-state index in [1.807, 2.05) is 30.3 Å². The lowest BCUT2D eigenvalue weighted by Crippen LogP contribution is -2.19. The minimum atomic E-state index is -0.521. The third-order valence-electron chi connectivity index (χ3n) is 3.12. The number of nitrogens with zero attached hydrogens (tertiary/aromatic N) is 1. The molecule has 98 valence electrons. The number of aromatic nitrogens is 1. The fourth-order valence-electron chi connectivity index (χ4n) is 2.18. The van der Waals surface area contributed by atoms with E-state index in [0.29, 0.717) is 12.2 Å². The second-order valence-electron chi connectivity index (χ2n) is 4.44. The molecule has 5 heteroatoms. The second-order valence-corrected chi connectivity index (χ2v) is 6.27. The first-order chi connectivity index (χ1) is 9.13. The number of fused-ring (bicyclic) bond motifs is 1. The van der Waals surface area contributed by atoms with Crippen LogP contribution in [0.1, 0.15) is 29.9 Å². The summed E-state index contributed by atoms with van der Waals surface area (Å²) >= 11 is 6.77. The van der Waals surface area contributed by atoms with Gasteiger partial charge in [0.1, 0.15) is 11.9 Å². The average molecular weight is 385 g/mol. The molecule has 3 rings (SSSR count). The predicted octanol–water partition coefficient (Wildman–Crippen LogP) is 4.16. The van der Waals surface area contributed by atoms with Crippen molar-refractivity contribution in [3.05, 3.63) is 56.7 Å². The second kappa shape index (κ2) is 5.23. The van der Waals surface area contributed by atoms with E-state index in [2.05, 4.69) is 36.8 Å². The van der Waals surface area contributed by atoms with Crippen molar-refractivity contribution in [2.75, 3.05) is 0 Å².